The summed E-state index contributed by atoms with van der Waals surface area (Å²) in [4.78, 5) is 24.3. The minimum Gasteiger partial charge on any atom is -0.271 e. The number of imide groups is 1. The van der Waals surface area contributed by atoms with Crippen molar-refractivity contribution in [2.24, 2.45) is 0 Å². The van der Waals surface area contributed by atoms with E-state index in [1.54, 1.807) is 6.92 Å². The van der Waals surface area contributed by atoms with Crippen LogP contribution in [0.4, 0.5) is 0 Å². The van der Waals surface area contributed by atoms with E-state index in [2.05, 4.69) is 0 Å². The van der Waals surface area contributed by atoms with Crippen molar-refractivity contribution in [2.45, 2.75) is 25.8 Å². The van der Waals surface area contributed by atoms with Gasteiger partial charge in [0.1, 0.15) is 0 Å². The maximum Gasteiger partial charge on any atom is 0.256 e. The molecule has 0 bridgehead atoms. The van der Waals surface area contributed by atoms with Crippen LogP contribution in [0.2, 0.25) is 0 Å². The van der Waals surface area contributed by atoms with E-state index < -0.39 is 15.9 Å². The molecule has 2 heterocycles. The lowest BCUT2D eigenvalue weighted by Gasteiger charge is -2.29. The minimum atomic E-state index is -3.10. The Bertz CT molecular complexity index is 477. The van der Waals surface area contributed by atoms with Crippen molar-refractivity contribution in [2.75, 3.05) is 11.5 Å². The maximum absolute atomic E-state index is 11.7. The van der Waals surface area contributed by atoms with E-state index in [4.69, 9.17) is 0 Å². The molecule has 88 valence electrons. The van der Waals surface area contributed by atoms with Gasteiger partial charge in [0.15, 0.2) is 9.84 Å². The van der Waals surface area contributed by atoms with E-state index in [9.17, 15) is 18.0 Å². The molecule has 0 saturated carbocycles. The molecular weight excluding hydrogens is 230 g/mol. The van der Waals surface area contributed by atoms with Crippen LogP contribution in [0.3, 0.4) is 0 Å². The van der Waals surface area contributed by atoms with Crippen LogP contribution in [0.15, 0.2) is 11.6 Å². The largest absolute Gasteiger partial charge is 0.271 e. The number of carbonyl (C=O) groups excluding carboxylic acids is 2. The highest BCUT2D eigenvalue weighted by molar-refractivity contribution is 7.91. The lowest BCUT2D eigenvalue weighted by Crippen LogP contribution is -2.47. The SMILES string of the molecule is CC1=CC(=O)N(C2CCCS(=O)(=O)C2)C1=O. The Labute approximate surface area is 94.0 Å². The lowest BCUT2D eigenvalue weighted by molar-refractivity contribution is -0.139. The van der Waals surface area contributed by atoms with Gasteiger partial charge >= 0.3 is 0 Å². The molecule has 2 amide bonds. The number of carbonyl (C=O) groups is 2. The monoisotopic (exact) mass is 243 g/mol. The maximum atomic E-state index is 11.7. The normalized spacial score (nSPS) is 29.4. The quantitative estimate of drug-likeness (QED) is 0.602. The average Bonchev–Trinajstić information content (AvgIpc) is 2.39. The smallest absolute Gasteiger partial charge is 0.256 e. The van der Waals surface area contributed by atoms with Crippen molar-refractivity contribution in [3.63, 3.8) is 0 Å². The third kappa shape index (κ3) is 1.89. The Morgan fingerprint density at radius 1 is 1.38 bits per heavy atom. The van der Waals surface area contributed by atoms with E-state index >= 15 is 0 Å². The van der Waals surface area contributed by atoms with Gasteiger partial charge < -0.3 is 0 Å². The fraction of sp³-hybridized carbons (Fsp3) is 0.600. The molecule has 1 saturated heterocycles. The number of amides is 2. The summed E-state index contributed by atoms with van der Waals surface area (Å²) < 4.78 is 22.9. The molecule has 0 aromatic carbocycles. The summed E-state index contributed by atoms with van der Waals surface area (Å²) in [6.07, 6.45) is 2.37. The predicted molar refractivity (Wildman–Crippen MR) is 57.3 cm³/mol. The third-order valence-electron chi connectivity index (χ3n) is 2.94. The Kier molecular flexibility index (Phi) is 2.61. The molecule has 1 unspecified atom stereocenters. The molecule has 5 nitrogen and oxygen atoms in total. The number of nitrogens with zero attached hydrogens (tertiary/aromatic N) is 1. The van der Waals surface area contributed by atoms with Gasteiger partial charge in [-0.25, -0.2) is 8.42 Å². The van der Waals surface area contributed by atoms with Crippen LogP contribution in [-0.4, -0.2) is 42.7 Å². The molecule has 0 aliphatic carbocycles. The van der Waals surface area contributed by atoms with Gasteiger partial charge in [-0.15, -0.1) is 0 Å². The zero-order chi connectivity index (χ0) is 11.9. The first-order valence-corrected chi connectivity index (χ1v) is 6.99. The fourth-order valence-electron chi connectivity index (χ4n) is 2.15. The van der Waals surface area contributed by atoms with Crippen molar-refractivity contribution in [1.82, 2.24) is 4.90 Å². The van der Waals surface area contributed by atoms with Crippen LogP contribution in [-0.2, 0) is 19.4 Å². The fourth-order valence-corrected chi connectivity index (χ4v) is 3.83. The molecule has 1 atom stereocenters. The molecule has 1 fully saturated rings. The molecule has 0 N–H and O–H groups in total. The molecular formula is C10H13NO4S. The zero-order valence-electron chi connectivity index (χ0n) is 8.97. The summed E-state index contributed by atoms with van der Waals surface area (Å²) >= 11 is 0. The summed E-state index contributed by atoms with van der Waals surface area (Å²) in [6.45, 7) is 1.57. The lowest BCUT2D eigenvalue weighted by atomic mass is 10.1. The number of hydrogen-bond donors (Lipinski definition) is 0. The van der Waals surface area contributed by atoms with Crippen LogP contribution in [0.5, 0.6) is 0 Å². The van der Waals surface area contributed by atoms with Gasteiger partial charge in [-0.05, 0) is 19.8 Å². The Morgan fingerprint density at radius 3 is 2.56 bits per heavy atom. The first kappa shape index (κ1) is 11.3. The molecule has 0 radical (unpaired) electrons. The van der Waals surface area contributed by atoms with E-state index in [0.29, 0.717) is 18.4 Å². The van der Waals surface area contributed by atoms with Crippen molar-refractivity contribution >= 4 is 21.7 Å². The van der Waals surface area contributed by atoms with Gasteiger partial charge in [0.25, 0.3) is 11.8 Å². The van der Waals surface area contributed by atoms with E-state index in [-0.39, 0.29) is 23.3 Å². The van der Waals surface area contributed by atoms with Gasteiger partial charge in [-0.2, -0.15) is 0 Å². The van der Waals surface area contributed by atoms with Crippen LogP contribution in [0.1, 0.15) is 19.8 Å². The molecule has 2 aliphatic heterocycles. The molecule has 2 aliphatic rings. The second-order valence-corrected chi connectivity index (χ2v) is 6.48. The van der Waals surface area contributed by atoms with Crippen molar-refractivity contribution in [3.05, 3.63) is 11.6 Å². The first-order valence-electron chi connectivity index (χ1n) is 5.17. The molecule has 6 heteroatoms. The van der Waals surface area contributed by atoms with Gasteiger partial charge in [0, 0.05) is 11.6 Å². The summed E-state index contributed by atoms with van der Waals surface area (Å²) in [5.41, 5.74) is 0.382. The highest BCUT2D eigenvalue weighted by Crippen LogP contribution is 2.23. The Morgan fingerprint density at radius 2 is 2.06 bits per heavy atom. The predicted octanol–water partition coefficient (Wildman–Crippen LogP) is -0.121. The Balaban J connectivity index is 2.21. The second kappa shape index (κ2) is 3.69. The molecule has 2 rings (SSSR count). The average molecular weight is 243 g/mol. The molecule has 0 aromatic rings. The van der Waals surface area contributed by atoms with Crippen molar-refractivity contribution < 1.29 is 18.0 Å². The van der Waals surface area contributed by atoms with Gasteiger partial charge in [0.05, 0.1) is 17.5 Å². The second-order valence-electron chi connectivity index (χ2n) is 4.25. The van der Waals surface area contributed by atoms with Crippen molar-refractivity contribution in [3.8, 4) is 0 Å². The van der Waals surface area contributed by atoms with E-state index in [1.165, 1.54) is 6.08 Å². The van der Waals surface area contributed by atoms with Crippen molar-refractivity contribution in [1.29, 1.82) is 0 Å². The minimum absolute atomic E-state index is 0.0917. The highest BCUT2D eigenvalue weighted by atomic mass is 32.2. The summed E-state index contributed by atoms with van der Waals surface area (Å²) in [7, 11) is -3.10. The van der Waals surface area contributed by atoms with Crippen LogP contribution >= 0.6 is 0 Å². The summed E-state index contributed by atoms with van der Waals surface area (Å²) in [5.74, 6) is -0.672. The standard InChI is InChI=1S/C10H13NO4S/c1-7-5-9(12)11(10(7)13)8-3-2-4-16(14,15)6-8/h5,8H,2-4,6H2,1H3. The third-order valence-corrected chi connectivity index (χ3v) is 4.74. The van der Waals surface area contributed by atoms with Gasteiger partial charge in [-0.1, -0.05) is 0 Å². The first-order chi connectivity index (χ1) is 7.41. The van der Waals surface area contributed by atoms with Crippen LogP contribution in [0, 0.1) is 0 Å². The summed E-state index contributed by atoms with van der Waals surface area (Å²) in [5, 5.41) is 0. The van der Waals surface area contributed by atoms with E-state index in [0.717, 1.165) is 4.90 Å². The Hall–Kier alpha value is -1.17. The highest BCUT2D eigenvalue weighted by Gasteiger charge is 2.38. The van der Waals surface area contributed by atoms with E-state index in [1.807, 2.05) is 0 Å². The van der Waals surface area contributed by atoms with Gasteiger partial charge in [0.2, 0.25) is 0 Å². The molecule has 0 spiro atoms. The van der Waals surface area contributed by atoms with Crippen LogP contribution < -0.4 is 0 Å². The summed E-state index contributed by atoms with van der Waals surface area (Å²) in [6, 6.07) is -0.479. The molecule has 16 heavy (non-hydrogen) atoms. The van der Waals surface area contributed by atoms with Crippen LogP contribution in [0.25, 0.3) is 0 Å². The number of rotatable bonds is 1. The zero-order valence-corrected chi connectivity index (χ0v) is 9.79. The van der Waals surface area contributed by atoms with Gasteiger partial charge in [-0.3, -0.25) is 14.5 Å². The molecule has 0 aromatic heterocycles. The number of sulfone groups is 1. The number of hydrogen-bond acceptors (Lipinski definition) is 4. The topological polar surface area (TPSA) is 71.5 Å².